The molecule has 7 aromatic carbocycles. The molecule has 0 radical (unpaired) electrons. The molecule has 1 heterocycles. The predicted octanol–water partition coefficient (Wildman–Crippen LogP) is 12.2. The van der Waals surface area contributed by atoms with Crippen LogP contribution < -0.4 is 0 Å². The normalized spacial score (nSPS) is 12.6. The second-order valence-electron chi connectivity index (χ2n) is 13.6. The second kappa shape index (κ2) is 12.0. The molecule has 9 rings (SSSR count). The summed E-state index contributed by atoms with van der Waals surface area (Å²) >= 11 is 0. The molecule has 0 fully saturated rings. The first-order chi connectivity index (χ1) is 25.0. The van der Waals surface area contributed by atoms with E-state index in [1.807, 2.05) is 66.7 Å². The van der Waals surface area contributed by atoms with Crippen LogP contribution in [-0.4, -0.2) is 15.0 Å². The monoisotopic (exact) mass is 652 g/mol. The van der Waals surface area contributed by atoms with Crippen LogP contribution in [0.4, 0.5) is 5.69 Å². The van der Waals surface area contributed by atoms with Crippen molar-refractivity contribution in [2.45, 2.75) is 19.3 Å². The number of benzene rings is 7. The van der Waals surface area contributed by atoms with E-state index >= 15 is 0 Å². The fourth-order valence-electron chi connectivity index (χ4n) is 7.51. The molecular weight excluding hydrogens is 621 g/mol. The highest BCUT2D eigenvalue weighted by Crippen LogP contribution is 2.51. The van der Waals surface area contributed by atoms with Gasteiger partial charge >= 0.3 is 0 Å². The fraction of sp³-hybridized carbons (Fsp3) is 0.0638. The number of nitrogens with zero attached hydrogens (tertiary/aromatic N) is 4. The zero-order valence-electron chi connectivity index (χ0n) is 28.3. The van der Waals surface area contributed by atoms with Crippen LogP contribution in [0.3, 0.4) is 0 Å². The third-order valence-corrected chi connectivity index (χ3v) is 10.2. The van der Waals surface area contributed by atoms with E-state index in [4.69, 9.17) is 21.5 Å². The summed E-state index contributed by atoms with van der Waals surface area (Å²) in [6.07, 6.45) is 0. The van der Waals surface area contributed by atoms with Gasteiger partial charge in [0.25, 0.3) is 0 Å². The van der Waals surface area contributed by atoms with Gasteiger partial charge in [0, 0.05) is 22.1 Å². The molecule has 0 bridgehead atoms. The molecule has 0 saturated carbocycles. The molecule has 0 atom stereocenters. The molecular formula is C47H32N4. The Balaban J connectivity index is 1.16. The molecule has 0 N–H and O–H groups in total. The number of hydrogen-bond acceptors (Lipinski definition) is 3. The van der Waals surface area contributed by atoms with Crippen LogP contribution in [0.25, 0.3) is 83.2 Å². The van der Waals surface area contributed by atoms with Crippen molar-refractivity contribution >= 4 is 16.5 Å². The van der Waals surface area contributed by atoms with Crippen molar-refractivity contribution < 1.29 is 0 Å². The topological polar surface area (TPSA) is 43.0 Å². The summed E-state index contributed by atoms with van der Waals surface area (Å²) in [5.74, 6) is 1.93. The standard InChI is InChI=1S/C47H32N4/c1-47(2)41-28-35(23-26-39(41)40-27-24-36(48-3)29-42(40)47)43-37-17-11-10-12-30(37)22-25-38(43)31-18-20-34(21-19-31)46-50-44(32-13-6-4-7-14-32)49-45(51-46)33-15-8-5-9-16-33/h4-29H,1-2H3. The summed E-state index contributed by atoms with van der Waals surface area (Å²) in [7, 11) is 0. The Morgan fingerprint density at radius 2 is 0.941 bits per heavy atom. The van der Waals surface area contributed by atoms with Gasteiger partial charge in [-0.15, -0.1) is 0 Å². The van der Waals surface area contributed by atoms with Gasteiger partial charge in [-0.2, -0.15) is 0 Å². The molecule has 1 aliphatic rings. The third kappa shape index (κ3) is 5.19. The van der Waals surface area contributed by atoms with Gasteiger partial charge in [0.2, 0.25) is 0 Å². The minimum Gasteiger partial charge on any atom is -0.238 e. The number of fused-ring (bicyclic) bond motifs is 4. The van der Waals surface area contributed by atoms with Crippen molar-refractivity contribution in [3.63, 3.8) is 0 Å². The average molecular weight is 653 g/mol. The molecule has 4 heteroatoms. The van der Waals surface area contributed by atoms with Crippen LogP contribution in [0.15, 0.2) is 158 Å². The van der Waals surface area contributed by atoms with E-state index < -0.39 is 0 Å². The Labute approximate surface area is 297 Å². The first kappa shape index (κ1) is 30.4. The lowest BCUT2D eigenvalue weighted by Gasteiger charge is -2.23. The summed E-state index contributed by atoms with van der Waals surface area (Å²) in [5.41, 5.74) is 12.9. The van der Waals surface area contributed by atoms with Crippen LogP contribution in [0.1, 0.15) is 25.0 Å². The van der Waals surface area contributed by atoms with Crippen LogP contribution in [0.5, 0.6) is 0 Å². The smallest absolute Gasteiger partial charge is 0.187 e. The SMILES string of the molecule is [C-]#[N+]c1ccc2c(c1)C(C)(C)c1cc(-c3c(-c4ccc(-c5nc(-c6ccccc6)nc(-c6ccccc6)n5)cc4)ccc4ccccc34)ccc1-2. The lowest BCUT2D eigenvalue weighted by atomic mass is 9.80. The second-order valence-corrected chi connectivity index (χ2v) is 13.6. The zero-order valence-corrected chi connectivity index (χ0v) is 28.3. The van der Waals surface area contributed by atoms with Crippen molar-refractivity contribution in [3.8, 4) is 67.5 Å². The molecule has 0 saturated heterocycles. The van der Waals surface area contributed by atoms with E-state index in [0.29, 0.717) is 23.2 Å². The van der Waals surface area contributed by atoms with E-state index in [2.05, 4.69) is 110 Å². The summed E-state index contributed by atoms with van der Waals surface area (Å²) in [5, 5.41) is 2.41. The van der Waals surface area contributed by atoms with Gasteiger partial charge in [0.15, 0.2) is 23.2 Å². The number of aromatic nitrogens is 3. The van der Waals surface area contributed by atoms with Crippen molar-refractivity contribution in [2.75, 3.05) is 0 Å². The molecule has 0 amide bonds. The largest absolute Gasteiger partial charge is 0.238 e. The zero-order chi connectivity index (χ0) is 34.5. The average Bonchev–Trinajstić information content (AvgIpc) is 3.42. The Morgan fingerprint density at radius 1 is 0.451 bits per heavy atom. The third-order valence-electron chi connectivity index (χ3n) is 10.2. The van der Waals surface area contributed by atoms with E-state index in [1.54, 1.807) is 0 Å². The van der Waals surface area contributed by atoms with E-state index in [0.717, 1.165) is 27.8 Å². The van der Waals surface area contributed by atoms with Gasteiger partial charge in [-0.25, -0.2) is 19.8 Å². The van der Waals surface area contributed by atoms with Crippen molar-refractivity contribution in [1.29, 1.82) is 0 Å². The lowest BCUT2D eigenvalue weighted by Crippen LogP contribution is -2.15. The molecule has 0 spiro atoms. The molecule has 0 unspecified atom stereocenters. The molecule has 1 aliphatic carbocycles. The van der Waals surface area contributed by atoms with Crippen LogP contribution in [0.2, 0.25) is 0 Å². The van der Waals surface area contributed by atoms with Gasteiger partial charge in [-0.3, -0.25) is 0 Å². The summed E-state index contributed by atoms with van der Waals surface area (Å²) in [6, 6.07) is 54.8. The minimum absolute atomic E-state index is 0.227. The maximum atomic E-state index is 7.59. The Morgan fingerprint density at radius 3 is 1.57 bits per heavy atom. The van der Waals surface area contributed by atoms with Crippen molar-refractivity contribution in [2.24, 2.45) is 0 Å². The van der Waals surface area contributed by atoms with E-state index in [9.17, 15) is 0 Å². The number of rotatable bonds is 5. The predicted molar refractivity (Wildman–Crippen MR) is 208 cm³/mol. The Hall–Kier alpha value is -6.70. The van der Waals surface area contributed by atoms with Gasteiger partial charge in [-0.1, -0.05) is 166 Å². The lowest BCUT2D eigenvalue weighted by molar-refractivity contribution is 0.661. The molecule has 8 aromatic rings. The first-order valence-corrected chi connectivity index (χ1v) is 17.1. The number of hydrogen-bond donors (Lipinski definition) is 0. The van der Waals surface area contributed by atoms with Crippen LogP contribution in [0, 0.1) is 6.57 Å². The fourth-order valence-corrected chi connectivity index (χ4v) is 7.51. The molecule has 240 valence electrons. The van der Waals surface area contributed by atoms with Gasteiger partial charge in [-0.05, 0) is 61.3 Å². The summed E-state index contributed by atoms with van der Waals surface area (Å²) in [4.78, 5) is 18.5. The minimum atomic E-state index is -0.227. The Kier molecular flexibility index (Phi) is 7.15. The molecule has 0 aliphatic heterocycles. The first-order valence-electron chi connectivity index (χ1n) is 17.1. The maximum absolute atomic E-state index is 7.59. The molecule has 1 aromatic heterocycles. The molecule has 4 nitrogen and oxygen atoms in total. The highest BCUT2D eigenvalue weighted by atomic mass is 15.0. The summed E-state index contributed by atoms with van der Waals surface area (Å²) in [6.45, 7) is 12.1. The van der Waals surface area contributed by atoms with Gasteiger partial charge in [0.05, 0.1) is 6.57 Å². The molecule has 51 heavy (non-hydrogen) atoms. The van der Waals surface area contributed by atoms with Crippen LogP contribution in [-0.2, 0) is 5.41 Å². The van der Waals surface area contributed by atoms with Crippen LogP contribution >= 0.6 is 0 Å². The van der Waals surface area contributed by atoms with Crippen molar-refractivity contribution in [3.05, 3.63) is 180 Å². The van der Waals surface area contributed by atoms with Gasteiger partial charge in [0.1, 0.15) is 0 Å². The maximum Gasteiger partial charge on any atom is 0.187 e. The highest BCUT2D eigenvalue weighted by Gasteiger charge is 2.36. The van der Waals surface area contributed by atoms with E-state index in [-0.39, 0.29) is 5.41 Å². The Bertz CT molecular complexity index is 2600. The van der Waals surface area contributed by atoms with Gasteiger partial charge < -0.3 is 0 Å². The van der Waals surface area contributed by atoms with Crippen molar-refractivity contribution in [1.82, 2.24) is 15.0 Å². The van der Waals surface area contributed by atoms with E-state index in [1.165, 1.54) is 44.2 Å². The highest BCUT2D eigenvalue weighted by molar-refractivity contribution is 6.05. The summed E-state index contributed by atoms with van der Waals surface area (Å²) < 4.78 is 0. The quantitative estimate of drug-likeness (QED) is 0.174.